The normalized spacial score (nSPS) is 13.2. The highest BCUT2D eigenvalue weighted by Gasteiger charge is 2.23. The van der Waals surface area contributed by atoms with Crippen molar-refractivity contribution in [3.63, 3.8) is 0 Å². The summed E-state index contributed by atoms with van der Waals surface area (Å²) < 4.78 is 0. The fourth-order valence-electron chi connectivity index (χ4n) is 3.49. The zero-order valence-corrected chi connectivity index (χ0v) is 18.9. The first-order valence-electron chi connectivity index (χ1n) is 10.8. The second-order valence-electron chi connectivity index (χ2n) is 9.70. The number of benzene rings is 2. The zero-order valence-electron chi connectivity index (χ0n) is 18.9. The van der Waals surface area contributed by atoms with Crippen molar-refractivity contribution in [1.29, 1.82) is 0 Å². The molecule has 0 saturated heterocycles. The van der Waals surface area contributed by atoms with Crippen LogP contribution in [0.25, 0.3) is 16.7 Å². The number of carbonyl (C=O) groups is 1. The Morgan fingerprint density at radius 1 is 1.07 bits per heavy atom. The Bertz CT molecular complexity index is 1010. The highest BCUT2D eigenvalue weighted by atomic mass is 16.3. The maximum absolute atomic E-state index is 12.5. The lowest BCUT2D eigenvalue weighted by Crippen LogP contribution is -2.15. The Balaban J connectivity index is 1.94. The van der Waals surface area contributed by atoms with E-state index in [2.05, 4.69) is 51.7 Å². The predicted molar refractivity (Wildman–Crippen MR) is 121 cm³/mol. The van der Waals surface area contributed by atoms with E-state index in [0.29, 0.717) is 36.8 Å². The molecule has 0 amide bonds. The summed E-state index contributed by atoms with van der Waals surface area (Å²) in [5.41, 5.74) is 3.70. The molecule has 3 aromatic rings. The fraction of sp³-hybridized carbons (Fsp3) is 0.480. The molecule has 0 radical (unpaired) electrons. The predicted octanol–water partition coefficient (Wildman–Crippen LogP) is 5.61. The quantitative estimate of drug-likeness (QED) is 0.553. The Morgan fingerprint density at radius 3 is 2.20 bits per heavy atom. The molecule has 0 saturated carbocycles. The van der Waals surface area contributed by atoms with E-state index in [0.717, 1.165) is 22.2 Å². The minimum absolute atomic E-state index is 0.186. The molecule has 1 unspecified atom stereocenters. The molecule has 0 bridgehead atoms. The van der Waals surface area contributed by atoms with E-state index in [-0.39, 0.29) is 16.9 Å². The van der Waals surface area contributed by atoms with E-state index < -0.39 is 0 Å². The molecule has 1 heterocycles. The lowest BCUT2D eigenvalue weighted by Gasteiger charge is -2.23. The number of Topliss-reactive ketones (excluding diaryl/α,β-unsaturated/α-hetero) is 1. The summed E-state index contributed by atoms with van der Waals surface area (Å²) in [4.78, 5) is 14.0. The van der Waals surface area contributed by atoms with Gasteiger partial charge in [-0.2, -0.15) is 0 Å². The van der Waals surface area contributed by atoms with Crippen LogP contribution in [0.15, 0.2) is 36.4 Å². The van der Waals surface area contributed by atoms with E-state index in [9.17, 15) is 9.90 Å². The molecule has 0 aliphatic heterocycles. The van der Waals surface area contributed by atoms with Crippen molar-refractivity contribution in [1.82, 2.24) is 15.0 Å². The third kappa shape index (κ3) is 4.89. The summed E-state index contributed by atoms with van der Waals surface area (Å²) in [5, 5.41) is 20.1. The standard InChI is InChI=1S/C25H33N3O2/c1-16(2)17(3)13-19(29)12-11-18-14-20(25(4,5)6)24(30)23(15-18)28-26-21-9-7-8-10-22(21)27-28/h7-10,14-17,30H,11-13H2,1-6H3. The van der Waals surface area contributed by atoms with Crippen molar-refractivity contribution in [2.75, 3.05) is 0 Å². The largest absolute Gasteiger partial charge is 0.505 e. The molecular formula is C25H33N3O2. The number of phenols is 1. The highest BCUT2D eigenvalue weighted by Crippen LogP contribution is 2.36. The molecule has 0 aliphatic carbocycles. The average molecular weight is 408 g/mol. The second-order valence-corrected chi connectivity index (χ2v) is 9.70. The fourth-order valence-corrected chi connectivity index (χ4v) is 3.49. The summed E-state index contributed by atoms with van der Waals surface area (Å²) >= 11 is 0. The van der Waals surface area contributed by atoms with E-state index in [1.807, 2.05) is 36.4 Å². The minimum atomic E-state index is -0.252. The van der Waals surface area contributed by atoms with Crippen molar-refractivity contribution in [2.24, 2.45) is 11.8 Å². The molecule has 5 nitrogen and oxygen atoms in total. The van der Waals surface area contributed by atoms with Crippen molar-refractivity contribution in [2.45, 2.75) is 66.2 Å². The van der Waals surface area contributed by atoms with Gasteiger partial charge in [-0.1, -0.05) is 59.7 Å². The Kier molecular flexibility index (Phi) is 6.30. The SMILES string of the molecule is CC(C)C(C)CC(=O)CCc1cc(-n2nc3ccccc3n2)c(O)c(C(C)(C)C)c1. The third-order valence-corrected chi connectivity index (χ3v) is 5.84. The molecule has 2 aromatic carbocycles. The number of aromatic hydroxyl groups is 1. The van der Waals surface area contributed by atoms with E-state index >= 15 is 0 Å². The number of aryl methyl sites for hydroxylation is 1. The maximum atomic E-state index is 12.5. The number of hydrogen-bond donors (Lipinski definition) is 1. The van der Waals surface area contributed by atoms with Crippen LogP contribution >= 0.6 is 0 Å². The lowest BCUT2D eigenvalue weighted by molar-refractivity contribution is -0.120. The van der Waals surface area contributed by atoms with Gasteiger partial charge in [0, 0.05) is 18.4 Å². The van der Waals surface area contributed by atoms with Gasteiger partial charge in [0.15, 0.2) is 0 Å². The Hall–Kier alpha value is -2.69. The van der Waals surface area contributed by atoms with Gasteiger partial charge in [-0.05, 0) is 47.4 Å². The van der Waals surface area contributed by atoms with Crippen LogP contribution in [0.5, 0.6) is 5.75 Å². The maximum Gasteiger partial charge on any atom is 0.146 e. The van der Waals surface area contributed by atoms with Crippen LogP contribution < -0.4 is 0 Å². The van der Waals surface area contributed by atoms with Crippen LogP contribution in [0.3, 0.4) is 0 Å². The second kappa shape index (κ2) is 8.58. The number of rotatable bonds is 7. The monoisotopic (exact) mass is 407 g/mol. The van der Waals surface area contributed by atoms with Gasteiger partial charge in [-0.15, -0.1) is 15.0 Å². The first kappa shape index (κ1) is 22.0. The molecule has 1 atom stereocenters. The van der Waals surface area contributed by atoms with E-state index in [1.165, 1.54) is 4.80 Å². The number of phenolic OH excluding ortho intramolecular Hbond substituents is 1. The van der Waals surface area contributed by atoms with Gasteiger partial charge < -0.3 is 5.11 Å². The van der Waals surface area contributed by atoms with Gasteiger partial charge in [0.05, 0.1) is 0 Å². The molecule has 3 rings (SSSR count). The van der Waals surface area contributed by atoms with Crippen LogP contribution in [0, 0.1) is 11.8 Å². The zero-order chi connectivity index (χ0) is 22.1. The van der Waals surface area contributed by atoms with Gasteiger partial charge in [-0.25, -0.2) is 0 Å². The topological polar surface area (TPSA) is 68.0 Å². The Morgan fingerprint density at radius 2 is 1.67 bits per heavy atom. The smallest absolute Gasteiger partial charge is 0.146 e. The molecule has 0 aliphatic rings. The van der Waals surface area contributed by atoms with Crippen LogP contribution in [0.2, 0.25) is 0 Å². The van der Waals surface area contributed by atoms with Gasteiger partial charge in [0.25, 0.3) is 0 Å². The number of hydrogen-bond acceptors (Lipinski definition) is 4. The van der Waals surface area contributed by atoms with Crippen molar-refractivity contribution in [3.05, 3.63) is 47.5 Å². The lowest BCUT2D eigenvalue weighted by atomic mass is 9.84. The van der Waals surface area contributed by atoms with Crippen molar-refractivity contribution >= 4 is 16.8 Å². The summed E-state index contributed by atoms with van der Waals surface area (Å²) in [5.74, 6) is 1.36. The molecule has 1 N–H and O–H groups in total. The molecular weight excluding hydrogens is 374 g/mol. The molecule has 30 heavy (non-hydrogen) atoms. The summed E-state index contributed by atoms with van der Waals surface area (Å²) in [6.07, 6.45) is 1.75. The van der Waals surface area contributed by atoms with Gasteiger partial charge in [-0.3, -0.25) is 4.79 Å². The number of carbonyl (C=O) groups excluding carboxylic acids is 1. The van der Waals surface area contributed by atoms with Gasteiger partial charge >= 0.3 is 0 Å². The molecule has 5 heteroatoms. The van der Waals surface area contributed by atoms with Crippen LogP contribution in [0.1, 0.15) is 65.5 Å². The van der Waals surface area contributed by atoms with Gasteiger partial charge in [0.1, 0.15) is 28.3 Å². The highest BCUT2D eigenvalue weighted by molar-refractivity contribution is 5.79. The molecule has 1 aromatic heterocycles. The number of fused-ring (bicyclic) bond motifs is 1. The molecule has 0 fully saturated rings. The van der Waals surface area contributed by atoms with E-state index in [1.54, 1.807) is 0 Å². The number of ketones is 1. The number of nitrogens with zero attached hydrogens (tertiary/aromatic N) is 3. The Labute approximate surface area is 179 Å². The third-order valence-electron chi connectivity index (χ3n) is 5.84. The van der Waals surface area contributed by atoms with Crippen LogP contribution in [0.4, 0.5) is 0 Å². The van der Waals surface area contributed by atoms with Crippen molar-refractivity contribution in [3.8, 4) is 11.4 Å². The average Bonchev–Trinajstić information content (AvgIpc) is 3.10. The van der Waals surface area contributed by atoms with Crippen LogP contribution in [-0.2, 0) is 16.6 Å². The van der Waals surface area contributed by atoms with Gasteiger partial charge in [0.2, 0.25) is 0 Å². The first-order valence-corrected chi connectivity index (χ1v) is 10.8. The van der Waals surface area contributed by atoms with Crippen molar-refractivity contribution < 1.29 is 9.90 Å². The van der Waals surface area contributed by atoms with E-state index in [4.69, 9.17) is 0 Å². The molecule has 0 spiro atoms. The summed E-state index contributed by atoms with van der Waals surface area (Å²) in [6.45, 7) is 12.6. The minimum Gasteiger partial charge on any atom is -0.505 e. The number of aromatic nitrogens is 3. The first-order chi connectivity index (χ1) is 14.1. The summed E-state index contributed by atoms with van der Waals surface area (Å²) in [7, 11) is 0. The summed E-state index contributed by atoms with van der Waals surface area (Å²) in [6, 6.07) is 11.6. The van der Waals surface area contributed by atoms with Crippen LogP contribution in [-0.4, -0.2) is 25.9 Å². The molecule has 160 valence electrons.